The Labute approximate surface area is 118 Å². The Morgan fingerprint density at radius 2 is 2.53 bits per heavy atom. The van der Waals surface area contributed by atoms with Crippen LogP contribution in [0.3, 0.4) is 0 Å². The molecular formula is C14H21NO3S. The van der Waals surface area contributed by atoms with Gasteiger partial charge in [0.2, 0.25) is 0 Å². The van der Waals surface area contributed by atoms with Crippen LogP contribution < -0.4 is 5.73 Å². The van der Waals surface area contributed by atoms with E-state index in [1.165, 1.54) is 7.11 Å². The Morgan fingerprint density at radius 1 is 1.68 bits per heavy atom. The molecule has 1 saturated carbocycles. The second kappa shape index (κ2) is 6.48. The number of carbonyl (C=O) groups is 1. The second-order valence-electron chi connectivity index (χ2n) is 5.04. The fourth-order valence-corrected chi connectivity index (χ4v) is 3.72. The van der Waals surface area contributed by atoms with Crippen molar-refractivity contribution in [2.45, 2.75) is 37.0 Å². The first-order valence-corrected chi connectivity index (χ1v) is 7.79. The summed E-state index contributed by atoms with van der Waals surface area (Å²) in [6, 6.07) is 3.87. The van der Waals surface area contributed by atoms with Gasteiger partial charge in [0, 0.05) is 0 Å². The number of rotatable bonds is 6. The lowest BCUT2D eigenvalue weighted by atomic mass is 9.86. The molecule has 0 spiro atoms. The van der Waals surface area contributed by atoms with E-state index in [0.29, 0.717) is 0 Å². The largest absolute Gasteiger partial charge is 0.468 e. The minimum atomic E-state index is -0.764. The van der Waals surface area contributed by atoms with E-state index >= 15 is 0 Å². The van der Waals surface area contributed by atoms with Gasteiger partial charge < -0.3 is 14.9 Å². The van der Waals surface area contributed by atoms with Crippen molar-refractivity contribution >= 4 is 17.7 Å². The van der Waals surface area contributed by atoms with E-state index in [1.54, 1.807) is 6.26 Å². The SMILES string of the molecule is COC(=O)C1(N)CCCC1CCSCc1ccco1. The molecule has 0 bridgehead atoms. The highest BCUT2D eigenvalue weighted by molar-refractivity contribution is 7.98. The van der Waals surface area contributed by atoms with Gasteiger partial charge in [-0.15, -0.1) is 0 Å². The molecule has 1 aromatic heterocycles. The van der Waals surface area contributed by atoms with Crippen LogP contribution in [0.1, 0.15) is 31.4 Å². The van der Waals surface area contributed by atoms with Gasteiger partial charge in [-0.05, 0) is 43.1 Å². The standard InChI is InChI=1S/C14H21NO3S/c1-17-13(16)14(15)7-2-4-11(14)6-9-19-10-12-5-3-8-18-12/h3,5,8,11H,2,4,6-7,9-10,15H2,1H3. The molecule has 4 nitrogen and oxygen atoms in total. The number of methoxy groups -OCH3 is 1. The first-order chi connectivity index (χ1) is 9.16. The molecule has 1 heterocycles. The minimum absolute atomic E-state index is 0.240. The van der Waals surface area contributed by atoms with Crippen molar-refractivity contribution in [1.82, 2.24) is 0 Å². The number of hydrogen-bond acceptors (Lipinski definition) is 5. The molecule has 0 saturated heterocycles. The molecule has 19 heavy (non-hydrogen) atoms. The van der Waals surface area contributed by atoms with E-state index in [4.69, 9.17) is 14.9 Å². The summed E-state index contributed by atoms with van der Waals surface area (Å²) in [5.74, 6) is 2.83. The first-order valence-electron chi connectivity index (χ1n) is 6.64. The first kappa shape index (κ1) is 14.5. The summed E-state index contributed by atoms with van der Waals surface area (Å²) in [4.78, 5) is 11.8. The predicted molar refractivity (Wildman–Crippen MR) is 75.8 cm³/mol. The maximum absolute atomic E-state index is 11.8. The van der Waals surface area contributed by atoms with Gasteiger partial charge in [0.1, 0.15) is 11.3 Å². The Bertz CT molecular complexity index is 407. The maximum atomic E-state index is 11.8. The van der Waals surface area contributed by atoms with Gasteiger partial charge in [0.15, 0.2) is 0 Å². The van der Waals surface area contributed by atoms with Crippen molar-refractivity contribution in [3.05, 3.63) is 24.2 Å². The zero-order chi connectivity index (χ0) is 13.7. The molecule has 106 valence electrons. The number of carbonyl (C=O) groups excluding carboxylic acids is 1. The molecule has 1 aliphatic rings. The topological polar surface area (TPSA) is 65.5 Å². The van der Waals surface area contributed by atoms with Gasteiger partial charge in [0.05, 0.1) is 19.1 Å². The van der Waals surface area contributed by atoms with Crippen LogP contribution in [0.4, 0.5) is 0 Å². The quantitative estimate of drug-likeness (QED) is 0.642. The molecule has 1 aliphatic carbocycles. The van der Waals surface area contributed by atoms with Gasteiger partial charge >= 0.3 is 5.97 Å². The van der Waals surface area contributed by atoms with Crippen LogP contribution in [0, 0.1) is 5.92 Å². The van der Waals surface area contributed by atoms with Crippen LogP contribution in [0.15, 0.2) is 22.8 Å². The smallest absolute Gasteiger partial charge is 0.326 e. The summed E-state index contributed by atoms with van der Waals surface area (Å²) in [7, 11) is 1.41. The molecule has 0 amide bonds. The Hall–Kier alpha value is -0.940. The van der Waals surface area contributed by atoms with Crippen LogP contribution in [0.5, 0.6) is 0 Å². The van der Waals surface area contributed by atoms with Gasteiger partial charge in [-0.1, -0.05) is 6.42 Å². The maximum Gasteiger partial charge on any atom is 0.326 e. The van der Waals surface area contributed by atoms with E-state index in [2.05, 4.69) is 0 Å². The van der Waals surface area contributed by atoms with Crippen LogP contribution in [0.2, 0.25) is 0 Å². The van der Waals surface area contributed by atoms with E-state index in [9.17, 15) is 4.79 Å². The summed E-state index contributed by atoms with van der Waals surface area (Å²) in [6.07, 6.45) is 5.42. The summed E-state index contributed by atoms with van der Waals surface area (Å²) in [6.45, 7) is 0. The molecule has 0 aliphatic heterocycles. The Balaban J connectivity index is 1.77. The number of esters is 1. The summed E-state index contributed by atoms with van der Waals surface area (Å²) < 4.78 is 10.1. The fraction of sp³-hybridized carbons (Fsp3) is 0.643. The number of nitrogens with two attached hydrogens (primary N) is 1. The molecule has 2 atom stereocenters. The molecule has 5 heteroatoms. The molecule has 0 aromatic carbocycles. The van der Waals surface area contributed by atoms with E-state index in [-0.39, 0.29) is 11.9 Å². The Kier molecular flexibility index (Phi) is 4.93. The fourth-order valence-electron chi connectivity index (χ4n) is 2.76. The minimum Gasteiger partial charge on any atom is -0.468 e. The predicted octanol–water partition coefficient (Wildman–Crippen LogP) is 2.57. The second-order valence-corrected chi connectivity index (χ2v) is 6.15. The third-order valence-electron chi connectivity index (χ3n) is 3.87. The highest BCUT2D eigenvalue weighted by atomic mass is 32.2. The highest BCUT2D eigenvalue weighted by Gasteiger charge is 2.46. The molecule has 2 N–H and O–H groups in total. The number of hydrogen-bond donors (Lipinski definition) is 1. The normalized spacial score (nSPS) is 26.5. The summed E-state index contributed by atoms with van der Waals surface area (Å²) in [5.41, 5.74) is 5.47. The summed E-state index contributed by atoms with van der Waals surface area (Å²) in [5, 5.41) is 0. The van der Waals surface area contributed by atoms with Crippen molar-refractivity contribution in [2.75, 3.05) is 12.9 Å². The number of ether oxygens (including phenoxy) is 1. The molecule has 2 unspecified atom stereocenters. The van der Waals surface area contributed by atoms with E-state index in [0.717, 1.165) is 42.9 Å². The molecule has 1 aromatic rings. The zero-order valence-corrected chi connectivity index (χ0v) is 12.1. The molecule has 1 fully saturated rings. The lowest BCUT2D eigenvalue weighted by Crippen LogP contribution is -2.51. The highest BCUT2D eigenvalue weighted by Crippen LogP contribution is 2.37. The van der Waals surface area contributed by atoms with Gasteiger partial charge in [-0.3, -0.25) is 4.79 Å². The van der Waals surface area contributed by atoms with Gasteiger partial charge in [0.25, 0.3) is 0 Å². The van der Waals surface area contributed by atoms with Crippen molar-refractivity contribution in [2.24, 2.45) is 11.7 Å². The molecule has 0 radical (unpaired) electrons. The van der Waals surface area contributed by atoms with Crippen molar-refractivity contribution < 1.29 is 13.9 Å². The lowest BCUT2D eigenvalue weighted by molar-refractivity contribution is -0.148. The van der Waals surface area contributed by atoms with Crippen LogP contribution in [0.25, 0.3) is 0 Å². The van der Waals surface area contributed by atoms with Gasteiger partial charge in [-0.25, -0.2) is 0 Å². The zero-order valence-electron chi connectivity index (χ0n) is 11.3. The average Bonchev–Trinajstić information content (AvgIpc) is 3.04. The number of furan rings is 1. The Morgan fingerprint density at radius 3 is 3.21 bits per heavy atom. The number of thioether (sulfide) groups is 1. The molecule has 2 rings (SSSR count). The third-order valence-corrected chi connectivity index (χ3v) is 4.89. The van der Waals surface area contributed by atoms with Crippen molar-refractivity contribution in [1.29, 1.82) is 0 Å². The van der Waals surface area contributed by atoms with Crippen molar-refractivity contribution in [3.8, 4) is 0 Å². The van der Waals surface area contributed by atoms with Crippen LogP contribution in [-0.2, 0) is 15.3 Å². The van der Waals surface area contributed by atoms with Crippen molar-refractivity contribution in [3.63, 3.8) is 0 Å². The van der Waals surface area contributed by atoms with E-state index in [1.807, 2.05) is 23.9 Å². The average molecular weight is 283 g/mol. The van der Waals surface area contributed by atoms with Crippen LogP contribution >= 0.6 is 11.8 Å². The summed E-state index contributed by atoms with van der Waals surface area (Å²) >= 11 is 1.82. The van der Waals surface area contributed by atoms with E-state index < -0.39 is 5.54 Å². The monoisotopic (exact) mass is 283 g/mol. The third kappa shape index (κ3) is 3.34. The van der Waals surface area contributed by atoms with Gasteiger partial charge in [-0.2, -0.15) is 11.8 Å². The van der Waals surface area contributed by atoms with Crippen LogP contribution in [-0.4, -0.2) is 24.4 Å². The lowest BCUT2D eigenvalue weighted by Gasteiger charge is -2.28. The molecular weight excluding hydrogens is 262 g/mol.